The molecule has 0 aliphatic rings. The molecular formula is C15H26ClNO3S. The van der Waals surface area contributed by atoms with Crippen molar-refractivity contribution in [2.75, 3.05) is 13.1 Å². The lowest BCUT2D eigenvalue weighted by atomic mass is 10.2. The van der Waals surface area contributed by atoms with E-state index in [0.717, 1.165) is 0 Å². The molecule has 1 aromatic rings. The van der Waals surface area contributed by atoms with Crippen molar-refractivity contribution in [1.29, 1.82) is 0 Å². The molecule has 0 atom stereocenters. The molecule has 0 spiro atoms. The van der Waals surface area contributed by atoms with Crippen LogP contribution in [0, 0.1) is 25.7 Å². The maximum absolute atomic E-state index is 13.0. The minimum atomic E-state index is -3.59. The molecule has 122 valence electrons. The Balaban J connectivity index is 3.35. The van der Waals surface area contributed by atoms with E-state index in [9.17, 15) is 8.42 Å². The Labute approximate surface area is 133 Å². The van der Waals surface area contributed by atoms with E-state index >= 15 is 0 Å². The highest BCUT2D eigenvalue weighted by atomic mass is 35.5. The number of aryl methyl sites for hydroxylation is 2. The van der Waals surface area contributed by atoms with Crippen LogP contribution in [-0.2, 0) is 15.9 Å². The molecule has 4 nitrogen and oxygen atoms in total. The number of sulfonamides is 1. The molecule has 0 saturated carbocycles. The smallest absolute Gasteiger partial charge is 0.246 e. The van der Waals surface area contributed by atoms with Gasteiger partial charge in [-0.2, -0.15) is 4.31 Å². The van der Waals surface area contributed by atoms with E-state index in [2.05, 4.69) is 0 Å². The first-order valence-corrected chi connectivity index (χ1v) is 9.23. The third-order valence-corrected chi connectivity index (χ3v) is 5.49. The summed E-state index contributed by atoms with van der Waals surface area (Å²) in [4.78, 5) is 0.247. The molecule has 0 radical (unpaired) electrons. The van der Waals surface area contributed by atoms with Gasteiger partial charge in [0.1, 0.15) is 16.4 Å². The summed E-state index contributed by atoms with van der Waals surface area (Å²) < 4.78 is 33.1. The maximum Gasteiger partial charge on any atom is 0.246 e. The third kappa shape index (κ3) is 4.24. The molecule has 0 unspecified atom stereocenters. The van der Waals surface area contributed by atoms with E-state index in [1.165, 1.54) is 0 Å². The van der Waals surface area contributed by atoms with E-state index in [0.29, 0.717) is 30.2 Å². The van der Waals surface area contributed by atoms with Crippen molar-refractivity contribution in [2.45, 2.75) is 52.3 Å². The standard InChI is InChI=1S/C15H26ClNO3S/c1-10(2)8-17(9-11(3)4)21(18,19)15-13(6)20-12(5)14(15)7-16/h10-11H,7-9H2,1-6H3. The summed E-state index contributed by atoms with van der Waals surface area (Å²) in [5.74, 6) is 1.64. The summed E-state index contributed by atoms with van der Waals surface area (Å²) in [5, 5.41) is 0. The number of hydrogen-bond acceptors (Lipinski definition) is 3. The molecule has 21 heavy (non-hydrogen) atoms. The monoisotopic (exact) mass is 335 g/mol. The molecule has 0 bridgehead atoms. The number of alkyl halides is 1. The predicted molar refractivity (Wildman–Crippen MR) is 86.2 cm³/mol. The van der Waals surface area contributed by atoms with Crippen molar-refractivity contribution < 1.29 is 12.8 Å². The summed E-state index contributed by atoms with van der Waals surface area (Å²) in [6.07, 6.45) is 0. The van der Waals surface area contributed by atoms with Gasteiger partial charge in [-0.3, -0.25) is 0 Å². The van der Waals surface area contributed by atoms with Crippen molar-refractivity contribution >= 4 is 21.6 Å². The van der Waals surface area contributed by atoms with Crippen LogP contribution in [0.2, 0.25) is 0 Å². The Kier molecular flexibility index (Phi) is 6.32. The third-order valence-electron chi connectivity index (χ3n) is 3.19. The fraction of sp³-hybridized carbons (Fsp3) is 0.733. The Morgan fingerprint density at radius 2 is 1.52 bits per heavy atom. The van der Waals surface area contributed by atoms with Crippen molar-refractivity contribution in [3.05, 3.63) is 17.1 Å². The summed E-state index contributed by atoms with van der Waals surface area (Å²) in [6.45, 7) is 12.5. The SMILES string of the molecule is Cc1oc(C)c(S(=O)(=O)N(CC(C)C)CC(C)C)c1CCl. The molecule has 0 aromatic carbocycles. The normalized spacial score (nSPS) is 12.9. The summed E-state index contributed by atoms with van der Waals surface area (Å²) in [5.41, 5.74) is 0.576. The Hall–Kier alpha value is -0.520. The lowest BCUT2D eigenvalue weighted by Gasteiger charge is -2.25. The van der Waals surface area contributed by atoms with Gasteiger partial charge in [-0.05, 0) is 25.7 Å². The van der Waals surface area contributed by atoms with Crippen LogP contribution in [0.1, 0.15) is 44.8 Å². The van der Waals surface area contributed by atoms with E-state index in [-0.39, 0.29) is 22.6 Å². The molecule has 0 aliphatic carbocycles. The first-order chi connectivity index (χ1) is 9.61. The lowest BCUT2D eigenvalue weighted by Crippen LogP contribution is -2.37. The number of furan rings is 1. The quantitative estimate of drug-likeness (QED) is 0.709. The highest BCUT2D eigenvalue weighted by molar-refractivity contribution is 7.89. The average Bonchev–Trinajstić information content (AvgIpc) is 2.61. The second-order valence-electron chi connectivity index (χ2n) is 6.27. The van der Waals surface area contributed by atoms with Gasteiger partial charge in [-0.15, -0.1) is 11.6 Å². The Morgan fingerprint density at radius 3 is 1.90 bits per heavy atom. The van der Waals surface area contributed by atoms with Gasteiger partial charge >= 0.3 is 0 Å². The van der Waals surface area contributed by atoms with E-state index < -0.39 is 10.0 Å². The average molecular weight is 336 g/mol. The molecule has 0 amide bonds. The van der Waals surface area contributed by atoms with Gasteiger partial charge in [0.25, 0.3) is 0 Å². The van der Waals surface area contributed by atoms with Gasteiger partial charge in [-0.1, -0.05) is 27.7 Å². The van der Waals surface area contributed by atoms with Crippen molar-refractivity contribution in [3.8, 4) is 0 Å². The highest BCUT2D eigenvalue weighted by Crippen LogP contribution is 2.31. The molecule has 1 heterocycles. The zero-order valence-corrected chi connectivity index (χ0v) is 15.3. The Morgan fingerprint density at radius 1 is 1.05 bits per heavy atom. The predicted octanol–water partition coefficient (Wildman–Crippen LogP) is 3.94. The van der Waals surface area contributed by atoms with Gasteiger partial charge in [0.05, 0.1) is 5.88 Å². The second-order valence-corrected chi connectivity index (χ2v) is 8.41. The molecule has 0 saturated heterocycles. The largest absolute Gasteiger partial charge is 0.465 e. The van der Waals surface area contributed by atoms with Crippen LogP contribution < -0.4 is 0 Å². The summed E-state index contributed by atoms with van der Waals surface area (Å²) >= 11 is 5.93. The zero-order valence-electron chi connectivity index (χ0n) is 13.7. The summed E-state index contributed by atoms with van der Waals surface area (Å²) in [7, 11) is -3.59. The minimum Gasteiger partial charge on any atom is -0.465 e. The van der Waals surface area contributed by atoms with E-state index in [1.807, 2.05) is 27.7 Å². The topological polar surface area (TPSA) is 50.5 Å². The van der Waals surface area contributed by atoms with Gasteiger partial charge in [0.2, 0.25) is 10.0 Å². The van der Waals surface area contributed by atoms with Gasteiger partial charge < -0.3 is 4.42 Å². The van der Waals surface area contributed by atoms with Gasteiger partial charge in [0, 0.05) is 18.7 Å². The highest BCUT2D eigenvalue weighted by Gasteiger charge is 2.32. The number of nitrogens with zero attached hydrogens (tertiary/aromatic N) is 1. The number of rotatable bonds is 7. The summed E-state index contributed by atoms with van der Waals surface area (Å²) in [6, 6.07) is 0. The van der Waals surface area contributed by atoms with Crippen LogP contribution in [0.15, 0.2) is 9.31 Å². The first kappa shape index (κ1) is 18.5. The molecule has 1 rings (SSSR count). The van der Waals surface area contributed by atoms with Crippen molar-refractivity contribution in [1.82, 2.24) is 4.31 Å². The zero-order chi connectivity index (χ0) is 16.4. The van der Waals surface area contributed by atoms with Crippen molar-refractivity contribution in [3.63, 3.8) is 0 Å². The van der Waals surface area contributed by atoms with Gasteiger partial charge in [0.15, 0.2) is 0 Å². The molecule has 6 heteroatoms. The van der Waals surface area contributed by atoms with Crippen LogP contribution >= 0.6 is 11.6 Å². The fourth-order valence-corrected chi connectivity index (χ4v) is 5.00. The maximum atomic E-state index is 13.0. The van der Waals surface area contributed by atoms with Crippen LogP contribution in [0.25, 0.3) is 0 Å². The van der Waals surface area contributed by atoms with Gasteiger partial charge in [-0.25, -0.2) is 8.42 Å². The molecular weight excluding hydrogens is 310 g/mol. The van der Waals surface area contributed by atoms with Crippen LogP contribution in [-0.4, -0.2) is 25.8 Å². The van der Waals surface area contributed by atoms with Crippen LogP contribution in [0.4, 0.5) is 0 Å². The van der Waals surface area contributed by atoms with Crippen molar-refractivity contribution in [2.24, 2.45) is 11.8 Å². The fourth-order valence-electron chi connectivity index (χ4n) is 2.42. The lowest BCUT2D eigenvalue weighted by molar-refractivity contribution is 0.332. The second kappa shape index (κ2) is 7.16. The Bertz CT molecular complexity index is 566. The van der Waals surface area contributed by atoms with E-state index in [4.69, 9.17) is 16.0 Å². The molecule has 0 fully saturated rings. The molecule has 1 aromatic heterocycles. The number of hydrogen-bond donors (Lipinski definition) is 0. The minimum absolute atomic E-state index is 0.134. The molecule has 0 N–H and O–H groups in total. The van der Waals surface area contributed by atoms with Crippen LogP contribution in [0.3, 0.4) is 0 Å². The first-order valence-electron chi connectivity index (χ1n) is 7.26. The van der Waals surface area contributed by atoms with Crippen LogP contribution in [0.5, 0.6) is 0 Å². The number of halogens is 1. The molecule has 0 aliphatic heterocycles. The van der Waals surface area contributed by atoms with E-state index in [1.54, 1.807) is 18.2 Å².